The van der Waals surface area contributed by atoms with E-state index in [1.165, 1.54) is 0 Å². The third kappa shape index (κ3) is 3.74. The lowest BCUT2D eigenvalue weighted by molar-refractivity contribution is 0.0940. The molecular formula is C20H19ClN2O2. The molecule has 4 nitrogen and oxygen atoms in total. The number of rotatable bonds is 5. The number of halogens is 1. The molecule has 0 unspecified atom stereocenters. The van der Waals surface area contributed by atoms with Crippen LogP contribution >= 0.6 is 11.6 Å². The van der Waals surface area contributed by atoms with Gasteiger partial charge in [-0.25, -0.2) is 0 Å². The Hall–Kier alpha value is -2.59. The Labute approximate surface area is 151 Å². The first-order chi connectivity index (χ1) is 12.1. The molecule has 0 bridgehead atoms. The van der Waals surface area contributed by atoms with Crippen molar-refractivity contribution >= 4 is 17.5 Å². The van der Waals surface area contributed by atoms with E-state index in [1.54, 1.807) is 6.92 Å². The van der Waals surface area contributed by atoms with Crippen LogP contribution in [0.15, 0.2) is 59.1 Å². The highest BCUT2D eigenvalue weighted by Crippen LogP contribution is 2.25. The second-order valence-corrected chi connectivity index (χ2v) is 6.22. The summed E-state index contributed by atoms with van der Waals surface area (Å²) in [7, 11) is 0. The summed E-state index contributed by atoms with van der Waals surface area (Å²) in [5.74, 6) is 0.330. The monoisotopic (exact) mass is 354 g/mol. The number of carbonyl (C=O) groups excluding carboxylic acids is 1. The maximum Gasteiger partial charge on any atom is 0.257 e. The first-order valence-electron chi connectivity index (χ1n) is 8.16. The van der Waals surface area contributed by atoms with Gasteiger partial charge in [-0.2, -0.15) is 0 Å². The van der Waals surface area contributed by atoms with Crippen LogP contribution in [0.2, 0.25) is 5.02 Å². The zero-order chi connectivity index (χ0) is 17.8. The molecule has 128 valence electrons. The second kappa shape index (κ2) is 7.53. The highest BCUT2D eigenvalue weighted by atomic mass is 35.5. The molecule has 3 aromatic rings. The first kappa shape index (κ1) is 17.2. The van der Waals surface area contributed by atoms with Crippen LogP contribution < -0.4 is 5.32 Å². The zero-order valence-corrected chi connectivity index (χ0v) is 14.9. The van der Waals surface area contributed by atoms with E-state index in [-0.39, 0.29) is 11.9 Å². The molecule has 2 aromatic carbocycles. The maximum atomic E-state index is 12.9. The lowest BCUT2D eigenvalue weighted by Crippen LogP contribution is -2.30. The Morgan fingerprint density at radius 1 is 1.12 bits per heavy atom. The fourth-order valence-corrected chi connectivity index (χ4v) is 2.94. The topological polar surface area (TPSA) is 55.1 Å². The largest absolute Gasteiger partial charge is 0.361 e. The molecule has 0 spiro atoms. The molecular weight excluding hydrogens is 336 g/mol. The Morgan fingerprint density at radius 2 is 1.76 bits per heavy atom. The predicted molar refractivity (Wildman–Crippen MR) is 97.8 cm³/mol. The highest BCUT2D eigenvalue weighted by Gasteiger charge is 2.23. The van der Waals surface area contributed by atoms with E-state index < -0.39 is 0 Å². The average molecular weight is 355 g/mol. The summed E-state index contributed by atoms with van der Waals surface area (Å²) in [6.45, 7) is 3.70. The SMILES string of the molecule is CCc1noc(C)c1C(=O)N[C@@H](c1ccccc1)c1ccc(Cl)cc1. The summed E-state index contributed by atoms with van der Waals surface area (Å²) in [5.41, 5.74) is 3.12. The Balaban J connectivity index is 1.96. The zero-order valence-electron chi connectivity index (χ0n) is 14.1. The van der Waals surface area contributed by atoms with Crippen molar-refractivity contribution in [2.45, 2.75) is 26.3 Å². The van der Waals surface area contributed by atoms with Crippen LogP contribution in [0.1, 0.15) is 45.9 Å². The van der Waals surface area contributed by atoms with E-state index in [0.717, 1.165) is 11.1 Å². The summed E-state index contributed by atoms with van der Waals surface area (Å²) in [4.78, 5) is 12.9. The van der Waals surface area contributed by atoms with Crippen molar-refractivity contribution in [2.24, 2.45) is 0 Å². The van der Waals surface area contributed by atoms with Crippen LogP contribution in [0.4, 0.5) is 0 Å². The molecule has 0 aliphatic heterocycles. The molecule has 0 saturated heterocycles. The van der Waals surface area contributed by atoms with E-state index in [2.05, 4.69) is 10.5 Å². The van der Waals surface area contributed by atoms with Gasteiger partial charge in [0.25, 0.3) is 5.91 Å². The van der Waals surface area contributed by atoms with E-state index in [0.29, 0.717) is 28.5 Å². The van der Waals surface area contributed by atoms with Gasteiger partial charge in [-0.3, -0.25) is 4.79 Å². The van der Waals surface area contributed by atoms with Crippen molar-refractivity contribution in [1.82, 2.24) is 10.5 Å². The van der Waals surface area contributed by atoms with E-state index >= 15 is 0 Å². The number of carbonyl (C=O) groups is 1. The first-order valence-corrected chi connectivity index (χ1v) is 8.54. The molecule has 0 aliphatic carbocycles. The van der Waals surface area contributed by atoms with Crippen molar-refractivity contribution in [3.8, 4) is 0 Å². The molecule has 1 N–H and O–H groups in total. The van der Waals surface area contributed by atoms with Gasteiger partial charge < -0.3 is 9.84 Å². The highest BCUT2D eigenvalue weighted by molar-refractivity contribution is 6.30. The number of aryl methyl sites for hydroxylation is 2. The van der Waals surface area contributed by atoms with Gasteiger partial charge in [0.05, 0.1) is 11.7 Å². The molecule has 5 heteroatoms. The molecule has 0 radical (unpaired) electrons. The third-order valence-corrected chi connectivity index (χ3v) is 4.36. The van der Waals surface area contributed by atoms with Crippen molar-refractivity contribution in [1.29, 1.82) is 0 Å². The van der Waals surface area contributed by atoms with Crippen LogP contribution in [0, 0.1) is 6.92 Å². The molecule has 3 rings (SSSR count). The van der Waals surface area contributed by atoms with Gasteiger partial charge >= 0.3 is 0 Å². The summed E-state index contributed by atoms with van der Waals surface area (Å²) >= 11 is 6.00. The molecule has 0 aliphatic rings. The lowest BCUT2D eigenvalue weighted by atomic mass is 9.98. The van der Waals surface area contributed by atoms with Gasteiger partial charge in [0.15, 0.2) is 0 Å². The molecule has 1 amide bonds. The summed E-state index contributed by atoms with van der Waals surface area (Å²) in [6, 6.07) is 17.0. The fourth-order valence-electron chi connectivity index (χ4n) is 2.81. The number of benzene rings is 2. The van der Waals surface area contributed by atoms with Crippen molar-refractivity contribution in [3.63, 3.8) is 0 Å². The number of aromatic nitrogens is 1. The molecule has 0 fully saturated rings. The smallest absolute Gasteiger partial charge is 0.257 e. The quantitative estimate of drug-likeness (QED) is 0.721. The van der Waals surface area contributed by atoms with E-state index in [9.17, 15) is 4.79 Å². The van der Waals surface area contributed by atoms with Crippen LogP contribution in [-0.2, 0) is 6.42 Å². The normalized spacial score (nSPS) is 12.0. The summed E-state index contributed by atoms with van der Waals surface area (Å²) < 4.78 is 5.19. The van der Waals surface area contributed by atoms with Crippen molar-refractivity contribution in [3.05, 3.63) is 87.8 Å². The maximum absolute atomic E-state index is 12.9. The molecule has 1 atom stereocenters. The van der Waals surface area contributed by atoms with Gasteiger partial charge in [0.1, 0.15) is 11.3 Å². The minimum absolute atomic E-state index is 0.195. The van der Waals surface area contributed by atoms with Gasteiger partial charge in [-0.05, 0) is 36.6 Å². The third-order valence-electron chi connectivity index (χ3n) is 4.11. The molecule has 25 heavy (non-hydrogen) atoms. The summed E-state index contributed by atoms with van der Waals surface area (Å²) in [5, 5.41) is 7.73. The molecule has 0 saturated carbocycles. The fraction of sp³-hybridized carbons (Fsp3) is 0.200. The van der Waals surface area contributed by atoms with Gasteiger partial charge in [0, 0.05) is 5.02 Å². The standard InChI is InChI=1S/C20H19ClN2O2/c1-3-17-18(13(2)25-23-17)20(24)22-19(14-7-5-4-6-8-14)15-9-11-16(21)12-10-15/h4-12,19H,3H2,1-2H3,(H,22,24)/t19-/m0/s1. The van der Waals surface area contributed by atoms with Crippen molar-refractivity contribution in [2.75, 3.05) is 0 Å². The number of hydrogen-bond donors (Lipinski definition) is 1. The lowest BCUT2D eigenvalue weighted by Gasteiger charge is -2.20. The van der Waals surface area contributed by atoms with Crippen LogP contribution in [0.3, 0.4) is 0 Å². The number of amides is 1. The van der Waals surface area contributed by atoms with Gasteiger partial charge in [-0.1, -0.05) is 66.1 Å². The molecule has 1 heterocycles. The minimum atomic E-state index is -0.287. The molecule has 1 aromatic heterocycles. The van der Waals surface area contributed by atoms with Crippen molar-refractivity contribution < 1.29 is 9.32 Å². The predicted octanol–water partition coefficient (Wildman–Crippen LogP) is 4.72. The van der Waals surface area contributed by atoms with Gasteiger partial charge in [0.2, 0.25) is 0 Å². The van der Waals surface area contributed by atoms with Crippen LogP contribution in [-0.4, -0.2) is 11.1 Å². The Morgan fingerprint density at radius 3 is 2.40 bits per heavy atom. The Kier molecular flexibility index (Phi) is 5.19. The number of nitrogens with one attached hydrogen (secondary N) is 1. The van der Waals surface area contributed by atoms with Crippen LogP contribution in [0.25, 0.3) is 0 Å². The number of nitrogens with zero attached hydrogens (tertiary/aromatic N) is 1. The minimum Gasteiger partial charge on any atom is -0.361 e. The Bertz CT molecular complexity index is 857. The van der Waals surface area contributed by atoms with E-state index in [1.807, 2.05) is 61.5 Å². The number of hydrogen-bond acceptors (Lipinski definition) is 3. The average Bonchev–Trinajstić information content (AvgIpc) is 3.02. The summed E-state index contributed by atoms with van der Waals surface area (Å²) in [6.07, 6.45) is 0.636. The van der Waals surface area contributed by atoms with Gasteiger partial charge in [-0.15, -0.1) is 0 Å². The van der Waals surface area contributed by atoms with E-state index in [4.69, 9.17) is 16.1 Å². The van der Waals surface area contributed by atoms with Crippen LogP contribution in [0.5, 0.6) is 0 Å². The second-order valence-electron chi connectivity index (χ2n) is 5.78.